The summed E-state index contributed by atoms with van der Waals surface area (Å²) in [5.74, 6) is 0. The van der Waals surface area contributed by atoms with Crippen molar-refractivity contribution in [3.8, 4) is 0 Å². The van der Waals surface area contributed by atoms with E-state index in [1.54, 1.807) is 7.11 Å². The molecule has 0 bridgehead atoms. The zero-order valence-corrected chi connectivity index (χ0v) is 9.32. The monoisotopic (exact) mass is 220 g/mol. The molecular weight excluding hydrogens is 204 g/mol. The summed E-state index contributed by atoms with van der Waals surface area (Å²) in [5.41, 5.74) is 5.27. The largest absolute Gasteiger partial charge is 0.382 e. The van der Waals surface area contributed by atoms with Gasteiger partial charge in [-0.25, -0.2) is 0 Å². The summed E-state index contributed by atoms with van der Waals surface area (Å²) in [5, 5.41) is 1.23. The minimum Gasteiger partial charge on any atom is -0.382 e. The Morgan fingerprint density at radius 2 is 2.12 bits per heavy atom. The normalized spacial score (nSPS) is 11.1. The molecule has 1 heterocycles. The van der Waals surface area contributed by atoms with E-state index in [1.165, 1.54) is 10.9 Å². The molecule has 1 aromatic heterocycles. The minimum absolute atomic E-state index is 0.554. The van der Waals surface area contributed by atoms with Gasteiger partial charge in [0.15, 0.2) is 0 Å². The molecule has 2 aromatic rings. The Labute approximate surface area is 94.5 Å². The molecule has 1 aromatic carbocycles. The highest BCUT2D eigenvalue weighted by Gasteiger charge is 2.01. The Bertz CT molecular complexity index is 439. The molecule has 0 saturated heterocycles. The molecule has 2 N–H and O–H groups in total. The molecule has 0 aliphatic carbocycles. The van der Waals surface area contributed by atoms with Gasteiger partial charge in [0, 0.05) is 30.8 Å². The van der Waals surface area contributed by atoms with E-state index < -0.39 is 0 Å². The highest BCUT2D eigenvalue weighted by atomic mass is 16.7. The number of ether oxygens (including phenoxy) is 1. The first-order chi connectivity index (χ1) is 7.92. The number of rotatable bonds is 6. The number of hydroxylamine groups is 1. The van der Waals surface area contributed by atoms with E-state index in [2.05, 4.69) is 22.6 Å². The highest BCUT2D eigenvalue weighted by molar-refractivity contribution is 5.82. The van der Waals surface area contributed by atoms with Crippen molar-refractivity contribution in [2.24, 2.45) is 0 Å². The molecule has 0 saturated carbocycles. The molecule has 0 aliphatic heterocycles. The molecule has 0 fully saturated rings. The Kier molecular flexibility index (Phi) is 3.93. The first-order valence-corrected chi connectivity index (χ1v) is 5.30. The number of methoxy groups -OCH3 is 1. The SMILES string of the molecule is COCCONCc1c[nH]c2ccccc12. The summed E-state index contributed by atoms with van der Waals surface area (Å²) in [6.07, 6.45) is 2.00. The van der Waals surface area contributed by atoms with Crippen LogP contribution in [0.15, 0.2) is 30.5 Å². The summed E-state index contributed by atoms with van der Waals surface area (Å²) in [4.78, 5) is 8.43. The van der Waals surface area contributed by atoms with Gasteiger partial charge in [-0.2, -0.15) is 5.48 Å². The zero-order valence-electron chi connectivity index (χ0n) is 9.32. The maximum atomic E-state index is 5.21. The van der Waals surface area contributed by atoms with Gasteiger partial charge in [-0.3, -0.25) is 4.84 Å². The lowest BCUT2D eigenvalue weighted by Crippen LogP contribution is -2.16. The fourth-order valence-corrected chi connectivity index (χ4v) is 1.60. The van der Waals surface area contributed by atoms with E-state index in [9.17, 15) is 0 Å². The molecule has 16 heavy (non-hydrogen) atoms. The van der Waals surface area contributed by atoms with Crippen LogP contribution in [-0.4, -0.2) is 25.3 Å². The summed E-state index contributed by atoms with van der Waals surface area (Å²) in [6, 6.07) is 8.21. The molecule has 4 heteroatoms. The predicted octanol–water partition coefficient (Wildman–Crippen LogP) is 1.84. The second-order valence-corrected chi connectivity index (χ2v) is 3.52. The van der Waals surface area contributed by atoms with E-state index in [0.29, 0.717) is 19.8 Å². The van der Waals surface area contributed by atoms with Crippen LogP contribution in [0, 0.1) is 0 Å². The fraction of sp³-hybridized carbons (Fsp3) is 0.333. The lowest BCUT2D eigenvalue weighted by molar-refractivity contribution is 0.00363. The maximum absolute atomic E-state index is 5.21. The number of aromatic nitrogens is 1. The lowest BCUT2D eigenvalue weighted by atomic mass is 10.2. The summed E-state index contributed by atoms with van der Waals surface area (Å²) < 4.78 is 4.88. The van der Waals surface area contributed by atoms with Gasteiger partial charge < -0.3 is 9.72 Å². The van der Waals surface area contributed by atoms with Crippen molar-refractivity contribution in [1.82, 2.24) is 10.5 Å². The number of para-hydroxylation sites is 1. The second kappa shape index (κ2) is 5.65. The minimum atomic E-state index is 0.554. The van der Waals surface area contributed by atoms with Crippen LogP contribution in [-0.2, 0) is 16.1 Å². The van der Waals surface area contributed by atoms with Crippen molar-refractivity contribution in [3.63, 3.8) is 0 Å². The number of hydrogen-bond acceptors (Lipinski definition) is 3. The first kappa shape index (κ1) is 11.1. The fourth-order valence-electron chi connectivity index (χ4n) is 1.60. The third-order valence-corrected chi connectivity index (χ3v) is 2.43. The number of nitrogens with one attached hydrogen (secondary N) is 2. The smallest absolute Gasteiger partial charge is 0.0916 e. The van der Waals surface area contributed by atoms with Gasteiger partial charge >= 0.3 is 0 Å². The van der Waals surface area contributed by atoms with Gasteiger partial charge in [0.2, 0.25) is 0 Å². The average molecular weight is 220 g/mol. The molecule has 0 spiro atoms. The molecule has 86 valence electrons. The number of aromatic amines is 1. The molecule has 0 unspecified atom stereocenters. The quantitative estimate of drug-likeness (QED) is 0.576. The van der Waals surface area contributed by atoms with Crippen LogP contribution in [0.2, 0.25) is 0 Å². The number of fused-ring (bicyclic) bond motifs is 1. The van der Waals surface area contributed by atoms with Crippen molar-refractivity contribution in [3.05, 3.63) is 36.0 Å². The van der Waals surface area contributed by atoms with Crippen molar-refractivity contribution in [2.45, 2.75) is 6.54 Å². The molecule has 2 rings (SSSR count). The average Bonchev–Trinajstić information content (AvgIpc) is 2.73. The van der Waals surface area contributed by atoms with Crippen molar-refractivity contribution in [2.75, 3.05) is 20.3 Å². The first-order valence-electron chi connectivity index (χ1n) is 5.30. The predicted molar refractivity (Wildman–Crippen MR) is 63.0 cm³/mol. The molecule has 0 radical (unpaired) electrons. The molecule has 0 atom stereocenters. The number of H-pyrrole nitrogens is 1. The van der Waals surface area contributed by atoms with Gasteiger partial charge in [0.05, 0.1) is 13.2 Å². The summed E-state index contributed by atoms with van der Waals surface area (Å²) >= 11 is 0. The van der Waals surface area contributed by atoms with E-state index >= 15 is 0 Å². The highest BCUT2D eigenvalue weighted by Crippen LogP contribution is 2.16. The third kappa shape index (κ3) is 2.61. The molecule has 0 amide bonds. The van der Waals surface area contributed by atoms with Crippen LogP contribution in [0.1, 0.15) is 5.56 Å². The van der Waals surface area contributed by atoms with E-state index in [1.807, 2.05) is 18.3 Å². The van der Waals surface area contributed by atoms with Crippen molar-refractivity contribution >= 4 is 10.9 Å². The Balaban J connectivity index is 1.89. The Morgan fingerprint density at radius 3 is 3.00 bits per heavy atom. The standard InChI is InChI=1S/C12H16N2O2/c1-15-6-7-16-14-9-10-8-13-12-5-3-2-4-11(10)12/h2-5,8,13-14H,6-7,9H2,1H3. The molecule has 4 nitrogen and oxygen atoms in total. The van der Waals surface area contributed by atoms with Gasteiger partial charge in [-0.05, 0) is 11.6 Å². The summed E-state index contributed by atoms with van der Waals surface area (Å²) in [7, 11) is 1.66. The van der Waals surface area contributed by atoms with Gasteiger partial charge in [0.1, 0.15) is 0 Å². The van der Waals surface area contributed by atoms with E-state index in [0.717, 1.165) is 5.52 Å². The van der Waals surface area contributed by atoms with Crippen LogP contribution in [0.3, 0.4) is 0 Å². The van der Waals surface area contributed by atoms with Crippen molar-refractivity contribution in [1.29, 1.82) is 0 Å². The zero-order chi connectivity index (χ0) is 11.2. The third-order valence-electron chi connectivity index (χ3n) is 2.43. The van der Waals surface area contributed by atoms with Crippen LogP contribution < -0.4 is 5.48 Å². The number of hydrogen-bond donors (Lipinski definition) is 2. The van der Waals surface area contributed by atoms with Gasteiger partial charge in [-0.15, -0.1) is 0 Å². The molecular formula is C12H16N2O2. The Morgan fingerprint density at radius 1 is 1.25 bits per heavy atom. The van der Waals surface area contributed by atoms with Gasteiger partial charge in [-0.1, -0.05) is 18.2 Å². The van der Waals surface area contributed by atoms with Crippen LogP contribution in [0.4, 0.5) is 0 Å². The van der Waals surface area contributed by atoms with E-state index in [-0.39, 0.29) is 0 Å². The second-order valence-electron chi connectivity index (χ2n) is 3.52. The number of benzene rings is 1. The topological polar surface area (TPSA) is 46.3 Å². The van der Waals surface area contributed by atoms with E-state index in [4.69, 9.17) is 9.57 Å². The van der Waals surface area contributed by atoms with Crippen LogP contribution in [0.25, 0.3) is 10.9 Å². The molecule has 0 aliphatic rings. The van der Waals surface area contributed by atoms with Crippen LogP contribution in [0.5, 0.6) is 0 Å². The lowest BCUT2D eigenvalue weighted by Gasteiger charge is -2.04. The summed E-state index contributed by atoms with van der Waals surface area (Å²) in [6.45, 7) is 1.84. The van der Waals surface area contributed by atoms with Crippen molar-refractivity contribution < 1.29 is 9.57 Å². The van der Waals surface area contributed by atoms with Gasteiger partial charge in [0.25, 0.3) is 0 Å². The van der Waals surface area contributed by atoms with Crippen LogP contribution >= 0.6 is 0 Å². The Hall–Kier alpha value is -1.36. The maximum Gasteiger partial charge on any atom is 0.0916 e.